The van der Waals surface area contributed by atoms with Crippen LogP contribution in [0.1, 0.15) is 25.6 Å². The van der Waals surface area contributed by atoms with Crippen molar-refractivity contribution in [2.75, 3.05) is 5.73 Å². The third-order valence-corrected chi connectivity index (χ3v) is 3.49. The molecule has 0 aliphatic rings. The average Bonchev–Trinajstić information content (AvgIpc) is 3.11. The number of hydrogen-bond donors (Lipinski definition) is 1. The van der Waals surface area contributed by atoms with Crippen molar-refractivity contribution in [1.29, 1.82) is 0 Å². The number of anilines is 1. The Kier molecular flexibility index (Phi) is 2.59. The molecule has 110 valence electrons. The molecule has 0 aromatic carbocycles. The molecule has 4 heterocycles. The Morgan fingerprint density at radius 1 is 1.18 bits per heavy atom. The molecular weight excluding hydrogens is 280 g/mol. The van der Waals surface area contributed by atoms with Gasteiger partial charge < -0.3 is 5.73 Å². The zero-order valence-corrected chi connectivity index (χ0v) is 12.2. The van der Waals surface area contributed by atoms with Crippen LogP contribution in [-0.4, -0.2) is 34.2 Å². The lowest BCUT2D eigenvalue weighted by molar-refractivity contribution is 0.765. The van der Waals surface area contributed by atoms with E-state index in [1.165, 1.54) is 6.33 Å². The highest BCUT2D eigenvalue weighted by Gasteiger charge is 2.12. The first kappa shape index (κ1) is 12.7. The van der Waals surface area contributed by atoms with Gasteiger partial charge in [-0.05, 0) is 12.1 Å². The minimum atomic E-state index is 0.284. The zero-order chi connectivity index (χ0) is 15.3. The summed E-state index contributed by atoms with van der Waals surface area (Å²) in [6.07, 6.45) is 5.05. The molecule has 0 unspecified atom stereocenters. The molecule has 0 amide bonds. The van der Waals surface area contributed by atoms with E-state index in [0.717, 1.165) is 22.7 Å². The third-order valence-electron chi connectivity index (χ3n) is 3.49. The number of rotatable bonds is 2. The molecule has 8 nitrogen and oxygen atoms in total. The van der Waals surface area contributed by atoms with Gasteiger partial charge in [0.1, 0.15) is 6.33 Å². The van der Waals surface area contributed by atoms with Gasteiger partial charge in [-0.25, -0.2) is 24.0 Å². The van der Waals surface area contributed by atoms with E-state index in [-0.39, 0.29) is 5.92 Å². The molecule has 0 radical (unpaired) electrons. The molecule has 0 atom stereocenters. The molecule has 8 heteroatoms. The predicted octanol–water partition coefficient (Wildman–Crippen LogP) is 1.54. The van der Waals surface area contributed by atoms with Crippen LogP contribution in [0.25, 0.3) is 22.6 Å². The summed E-state index contributed by atoms with van der Waals surface area (Å²) in [5.74, 6) is 1.46. The predicted molar refractivity (Wildman–Crippen MR) is 81.3 cm³/mol. The fourth-order valence-corrected chi connectivity index (χ4v) is 2.33. The Morgan fingerprint density at radius 2 is 2.05 bits per heavy atom. The molecule has 0 saturated carbocycles. The first-order chi connectivity index (χ1) is 10.6. The van der Waals surface area contributed by atoms with E-state index in [1.54, 1.807) is 15.2 Å². The normalized spacial score (nSPS) is 11.8. The lowest BCUT2D eigenvalue weighted by Crippen LogP contribution is -2.01. The van der Waals surface area contributed by atoms with Gasteiger partial charge in [-0.15, -0.1) is 0 Å². The molecule has 0 aliphatic carbocycles. The van der Waals surface area contributed by atoms with Gasteiger partial charge in [0.05, 0.1) is 11.9 Å². The Labute approximate surface area is 125 Å². The number of hydrogen-bond acceptors (Lipinski definition) is 6. The summed E-state index contributed by atoms with van der Waals surface area (Å²) < 4.78 is 3.44. The summed E-state index contributed by atoms with van der Waals surface area (Å²) in [7, 11) is 0. The van der Waals surface area contributed by atoms with Crippen LogP contribution in [0.2, 0.25) is 0 Å². The van der Waals surface area contributed by atoms with Crippen LogP contribution in [-0.2, 0) is 0 Å². The first-order valence-electron chi connectivity index (χ1n) is 6.94. The van der Waals surface area contributed by atoms with Gasteiger partial charge in [0.15, 0.2) is 22.9 Å². The number of nitrogen functional groups attached to an aromatic ring is 1. The van der Waals surface area contributed by atoms with Gasteiger partial charge in [0.2, 0.25) is 0 Å². The second kappa shape index (κ2) is 4.48. The van der Waals surface area contributed by atoms with Crippen molar-refractivity contribution in [1.82, 2.24) is 34.2 Å². The third kappa shape index (κ3) is 1.80. The Bertz CT molecular complexity index is 981. The molecule has 0 bridgehead atoms. The topological polar surface area (TPSA) is 99.3 Å². The largest absolute Gasteiger partial charge is 0.381 e. The monoisotopic (exact) mass is 294 g/mol. The van der Waals surface area contributed by atoms with Crippen molar-refractivity contribution in [3.8, 4) is 11.3 Å². The summed E-state index contributed by atoms with van der Waals surface area (Å²) in [6.45, 7) is 4.14. The summed E-state index contributed by atoms with van der Waals surface area (Å²) >= 11 is 0. The van der Waals surface area contributed by atoms with E-state index >= 15 is 0 Å². The Balaban J connectivity index is 1.90. The van der Waals surface area contributed by atoms with Gasteiger partial charge in [0, 0.05) is 17.7 Å². The Hall–Kier alpha value is -3.03. The van der Waals surface area contributed by atoms with E-state index in [1.807, 2.05) is 18.3 Å². The summed E-state index contributed by atoms with van der Waals surface area (Å²) in [6, 6.07) is 3.90. The highest BCUT2D eigenvalue weighted by Crippen LogP contribution is 2.22. The number of fused-ring (bicyclic) bond motifs is 2. The van der Waals surface area contributed by atoms with Crippen molar-refractivity contribution < 1.29 is 0 Å². The first-order valence-corrected chi connectivity index (χ1v) is 6.94. The van der Waals surface area contributed by atoms with Crippen molar-refractivity contribution in [3.63, 3.8) is 0 Å². The van der Waals surface area contributed by atoms with E-state index in [9.17, 15) is 0 Å². The fourth-order valence-electron chi connectivity index (χ4n) is 2.33. The van der Waals surface area contributed by atoms with Crippen LogP contribution in [0.4, 0.5) is 5.82 Å². The SMILES string of the molecule is CC(C)c1nc2ccc(-c3cnc4c(N)ncnn34)cn2n1. The molecule has 0 spiro atoms. The minimum Gasteiger partial charge on any atom is -0.381 e. The molecule has 0 fully saturated rings. The molecule has 4 aromatic heterocycles. The van der Waals surface area contributed by atoms with Gasteiger partial charge in [-0.2, -0.15) is 10.2 Å². The molecule has 0 aliphatic heterocycles. The number of aromatic nitrogens is 7. The number of nitrogens with zero attached hydrogens (tertiary/aromatic N) is 7. The van der Waals surface area contributed by atoms with Gasteiger partial charge in [-0.1, -0.05) is 13.8 Å². The van der Waals surface area contributed by atoms with Crippen LogP contribution in [0.15, 0.2) is 30.9 Å². The maximum Gasteiger partial charge on any atom is 0.197 e. The van der Waals surface area contributed by atoms with Crippen LogP contribution in [0.3, 0.4) is 0 Å². The van der Waals surface area contributed by atoms with E-state index in [0.29, 0.717) is 11.5 Å². The number of pyridine rings is 1. The highest BCUT2D eigenvalue weighted by atomic mass is 15.3. The van der Waals surface area contributed by atoms with Crippen molar-refractivity contribution in [2.24, 2.45) is 0 Å². The van der Waals surface area contributed by atoms with Crippen molar-refractivity contribution >= 4 is 17.1 Å². The van der Waals surface area contributed by atoms with Gasteiger partial charge >= 0.3 is 0 Å². The lowest BCUT2D eigenvalue weighted by Gasteiger charge is -2.01. The summed E-state index contributed by atoms with van der Waals surface area (Å²) in [5.41, 5.74) is 8.92. The van der Waals surface area contributed by atoms with Crippen LogP contribution < -0.4 is 5.73 Å². The summed E-state index contributed by atoms with van der Waals surface area (Å²) in [4.78, 5) is 12.7. The van der Waals surface area contributed by atoms with Crippen LogP contribution in [0.5, 0.6) is 0 Å². The Morgan fingerprint density at radius 3 is 2.86 bits per heavy atom. The standard InChI is InChI=1S/C14H14N8/c1-8(2)13-19-11-4-3-9(6-21(11)20-13)10-5-16-14-12(15)17-7-18-22(10)14/h3-8H,1-2H3,(H2,15,17,18). The number of imidazole rings is 1. The number of nitrogens with two attached hydrogens (primary N) is 1. The van der Waals surface area contributed by atoms with E-state index in [2.05, 4.69) is 39.0 Å². The second-order valence-corrected chi connectivity index (χ2v) is 5.37. The van der Waals surface area contributed by atoms with E-state index < -0.39 is 0 Å². The molecule has 2 N–H and O–H groups in total. The molecule has 0 saturated heterocycles. The maximum absolute atomic E-state index is 5.81. The average molecular weight is 294 g/mol. The fraction of sp³-hybridized carbons (Fsp3) is 0.214. The van der Waals surface area contributed by atoms with E-state index in [4.69, 9.17) is 5.73 Å². The molecule has 4 aromatic rings. The highest BCUT2D eigenvalue weighted by molar-refractivity contribution is 5.68. The molecule has 22 heavy (non-hydrogen) atoms. The van der Waals surface area contributed by atoms with Crippen LogP contribution in [0, 0.1) is 0 Å². The van der Waals surface area contributed by atoms with Gasteiger partial charge in [-0.3, -0.25) is 0 Å². The lowest BCUT2D eigenvalue weighted by atomic mass is 10.2. The quantitative estimate of drug-likeness (QED) is 0.602. The van der Waals surface area contributed by atoms with Crippen molar-refractivity contribution in [3.05, 3.63) is 36.7 Å². The maximum atomic E-state index is 5.81. The van der Waals surface area contributed by atoms with Gasteiger partial charge in [0.25, 0.3) is 0 Å². The summed E-state index contributed by atoms with van der Waals surface area (Å²) in [5, 5.41) is 8.71. The second-order valence-electron chi connectivity index (χ2n) is 5.37. The molecular formula is C14H14N8. The minimum absolute atomic E-state index is 0.284. The van der Waals surface area contributed by atoms with Crippen molar-refractivity contribution in [2.45, 2.75) is 19.8 Å². The smallest absolute Gasteiger partial charge is 0.197 e. The van der Waals surface area contributed by atoms with Crippen LogP contribution >= 0.6 is 0 Å². The molecule has 4 rings (SSSR count). The zero-order valence-electron chi connectivity index (χ0n) is 12.2.